The topological polar surface area (TPSA) is 81.4 Å². The number of methoxy groups -OCH3 is 1. The molecule has 0 heterocycles. The van der Waals surface area contributed by atoms with Crippen LogP contribution in [0.1, 0.15) is 18.1 Å². The van der Waals surface area contributed by atoms with Crippen LogP contribution in [0.5, 0.6) is 0 Å². The number of sulfonamides is 1. The van der Waals surface area contributed by atoms with Crippen molar-refractivity contribution >= 4 is 15.7 Å². The van der Waals surface area contributed by atoms with Crippen LogP contribution in [0.3, 0.4) is 0 Å². The normalized spacial score (nSPS) is 13.6. The Morgan fingerprint density at radius 1 is 1.39 bits per heavy atom. The molecule has 1 unspecified atom stereocenters. The third-order valence-corrected chi connectivity index (χ3v) is 4.59. The number of nitrogens with one attached hydrogen (secondary N) is 1. The third kappa shape index (κ3) is 3.22. The van der Waals surface area contributed by atoms with Crippen LogP contribution in [0.25, 0.3) is 0 Å². The fourth-order valence-electron chi connectivity index (χ4n) is 1.64. The number of hydrogen-bond donors (Lipinski definition) is 2. The molecule has 0 aliphatic heterocycles. The predicted molar refractivity (Wildman–Crippen MR) is 72.0 cm³/mol. The number of benzene rings is 1. The largest absolute Gasteiger partial charge is 0.398 e. The lowest BCUT2D eigenvalue weighted by Crippen LogP contribution is -2.32. The maximum absolute atomic E-state index is 12.2. The van der Waals surface area contributed by atoms with Crippen LogP contribution < -0.4 is 10.5 Å². The molecule has 0 aromatic heterocycles. The molecule has 0 bridgehead atoms. The molecule has 3 N–H and O–H groups in total. The van der Waals surface area contributed by atoms with E-state index < -0.39 is 10.0 Å². The highest BCUT2D eigenvalue weighted by Gasteiger charge is 2.21. The average Bonchev–Trinajstić information content (AvgIpc) is 2.31. The minimum Gasteiger partial charge on any atom is -0.398 e. The molecule has 0 radical (unpaired) electrons. The van der Waals surface area contributed by atoms with Crippen LogP contribution in [0.4, 0.5) is 5.69 Å². The van der Waals surface area contributed by atoms with Gasteiger partial charge in [-0.05, 0) is 38.0 Å². The van der Waals surface area contributed by atoms with Crippen molar-refractivity contribution in [3.8, 4) is 0 Å². The molecule has 1 rings (SSSR count). The van der Waals surface area contributed by atoms with Crippen molar-refractivity contribution in [2.75, 3.05) is 19.4 Å². The van der Waals surface area contributed by atoms with E-state index >= 15 is 0 Å². The second kappa shape index (κ2) is 5.69. The molecule has 5 nitrogen and oxygen atoms in total. The Morgan fingerprint density at radius 3 is 2.56 bits per heavy atom. The van der Waals surface area contributed by atoms with E-state index in [9.17, 15) is 8.42 Å². The monoisotopic (exact) mass is 272 g/mol. The van der Waals surface area contributed by atoms with Crippen LogP contribution in [-0.2, 0) is 14.8 Å². The quantitative estimate of drug-likeness (QED) is 0.789. The van der Waals surface area contributed by atoms with Crippen LogP contribution >= 0.6 is 0 Å². The SMILES string of the molecule is COC(C)CNS(=O)(=O)c1c(C)ccc(N)c1C. The van der Waals surface area contributed by atoms with Crippen LogP contribution in [0.15, 0.2) is 17.0 Å². The highest BCUT2D eigenvalue weighted by Crippen LogP contribution is 2.24. The zero-order chi connectivity index (χ0) is 13.9. The number of anilines is 1. The molecule has 18 heavy (non-hydrogen) atoms. The highest BCUT2D eigenvalue weighted by atomic mass is 32.2. The first-order chi connectivity index (χ1) is 8.29. The standard InChI is InChI=1S/C12H20N2O3S/c1-8-5-6-11(13)10(3)12(8)18(15,16)14-7-9(2)17-4/h5-6,9,14H,7,13H2,1-4H3. The predicted octanol–water partition coefficient (Wildman–Crippen LogP) is 1.20. The van der Waals surface area contributed by atoms with Gasteiger partial charge in [0.2, 0.25) is 10.0 Å². The average molecular weight is 272 g/mol. The second-order valence-corrected chi connectivity index (χ2v) is 6.03. The maximum atomic E-state index is 12.2. The maximum Gasteiger partial charge on any atom is 0.241 e. The molecule has 0 amide bonds. The third-order valence-electron chi connectivity index (χ3n) is 2.88. The summed E-state index contributed by atoms with van der Waals surface area (Å²) in [7, 11) is -2.02. The summed E-state index contributed by atoms with van der Waals surface area (Å²) in [5, 5.41) is 0. The van der Waals surface area contributed by atoms with Crippen LogP contribution in [0.2, 0.25) is 0 Å². The van der Waals surface area contributed by atoms with E-state index in [4.69, 9.17) is 10.5 Å². The molecule has 0 aliphatic rings. The van der Waals surface area contributed by atoms with Crippen molar-refractivity contribution in [1.82, 2.24) is 4.72 Å². The summed E-state index contributed by atoms with van der Waals surface area (Å²) in [6, 6.07) is 3.41. The van der Waals surface area contributed by atoms with Crippen molar-refractivity contribution in [3.63, 3.8) is 0 Å². The Labute approximate surface area is 108 Å². The summed E-state index contributed by atoms with van der Waals surface area (Å²) >= 11 is 0. The van der Waals surface area contributed by atoms with Gasteiger partial charge in [0.05, 0.1) is 11.0 Å². The summed E-state index contributed by atoms with van der Waals surface area (Å²) in [5.74, 6) is 0. The molecule has 102 valence electrons. The van der Waals surface area contributed by atoms with E-state index in [1.165, 1.54) is 7.11 Å². The van der Waals surface area contributed by atoms with Crippen molar-refractivity contribution < 1.29 is 13.2 Å². The van der Waals surface area contributed by atoms with Gasteiger partial charge in [-0.15, -0.1) is 0 Å². The van der Waals surface area contributed by atoms with Gasteiger partial charge in [0.1, 0.15) is 0 Å². The number of nitrogens with two attached hydrogens (primary N) is 1. The fraction of sp³-hybridized carbons (Fsp3) is 0.500. The second-order valence-electron chi connectivity index (χ2n) is 4.32. The highest BCUT2D eigenvalue weighted by molar-refractivity contribution is 7.89. The molecule has 6 heteroatoms. The lowest BCUT2D eigenvalue weighted by molar-refractivity contribution is 0.122. The molecule has 0 saturated carbocycles. The molecular weight excluding hydrogens is 252 g/mol. The van der Waals surface area contributed by atoms with Crippen LogP contribution in [0, 0.1) is 13.8 Å². The van der Waals surface area contributed by atoms with E-state index in [1.807, 2.05) is 0 Å². The van der Waals surface area contributed by atoms with E-state index in [0.29, 0.717) is 16.8 Å². The lowest BCUT2D eigenvalue weighted by Gasteiger charge is -2.15. The smallest absolute Gasteiger partial charge is 0.241 e. The first kappa shape index (κ1) is 14.9. The minimum absolute atomic E-state index is 0.179. The number of hydrogen-bond acceptors (Lipinski definition) is 4. The van der Waals surface area contributed by atoms with Gasteiger partial charge < -0.3 is 10.5 Å². The Kier molecular flexibility index (Phi) is 4.72. The van der Waals surface area contributed by atoms with Gasteiger partial charge in [-0.25, -0.2) is 13.1 Å². The minimum atomic E-state index is -3.56. The number of aryl methyl sites for hydroxylation is 1. The van der Waals surface area contributed by atoms with Gasteiger partial charge in [0.15, 0.2) is 0 Å². The first-order valence-corrected chi connectivity index (χ1v) is 7.16. The van der Waals surface area contributed by atoms with Gasteiger partial charge in [-0.2, -0.15) is 0 Å². The molecule has 0 saturated heterocycles. The molecule has 0 spiro atoms. The zero-order valence-electron chi connectivity index (χ0n) is 11.1. The Hall–Kier alpha value is -1.11. The van der Waals surface area contributed by atoms with Gasteiger partial charge in [0.25, 0.3) is 0 Å². The van der Waals surface area contributed by atoms with E-state index in [0.717, 1.165) is 0 Å². The lowest BCUT2D eigenvalue weighted by atomic mass is 10.1. The summed E-state index contributed by atoms with van der Waals surface area (Å²) in [6.07, 6.45) is -0.179. The van der Waals surface area contributed by atoms with E-state index in [-0.39, 0.29) is 17.5 Å². The Bertz CT molecular complexity index is 526. The molecule has 1 atom stereocenters. The number of nitrogen functional groups attached to an aromatic ring is 1. The molecule has 0 fully saturated rings. The summed E-state index contributed by atoms with van der Waals surface area (Å²) in [5.41, 5.74) is 7.48. The molecular formula is C12H20N2O3S. The molecule has 1 aromatic carbocycles. The number of ether oxygens (including phenoxy) is 1. The number of rotatable bonds is 5. The fourth-order valence-corrected chi connectivity index (χ4v) is 3.25. The first-order valence-electron chi connectivity index (χ1n) is 5.67. The van der Waals surface area contributed by atoms with Gasteiger partial charge in [-0.3, -0.25) is 0 Å². The summed E-state index contributed by atoms with van der Waals surface area (Å²) in [4.78, 5) is 0.255. The van der Waals surface area contributed by atoms with Crippen LogP contribution in [-0.4, -0.2) is 28.2 Å². The van der Waals surface area contributed by atoms with Crippen molar-refractivity contribution in [2.24, 2.45) is 0 Å². The van der Waals surface area contributed by atoms with Gasteiger partial charge in [0, 0.05) is 19.3 Å². The molecule has 1 aromatic rings. The van der Waals surface area contributed by atoms with E-state index in [2.05, 4.69) is 4.72 Å². The Morgan fingerprint density at radius 2 is 2.00 bits per heavy atom. The van der Waals surface area contributed by atoms with E-state index in [1.54, 1.807) is 32.9 Å². The van der Waals surface area contributed by atoms with Gasteiger partial charge in [-0.1, -0.05) is 6.07 Å². The van der Waals surface area contributed by atoms with Crippen molar-refractivity contribution in [3.05, 3.63) is 23.3 Å². The summed E-state index contributed by atoms with van der Waals surface area (Å²) in [6.45, 7) is 5.48. The summed E-state index contributed by atoms with van der Waals surface area (Å²) < 4.78 is 32.0. The molecule has 0 aliphatic carbocycles. The zero-order valence-corrected chi connectivity index (χ0v) is 12.0. The Balaban J connectivity index is 3.09. The van der Waals surface area contributed by atoms with Crippen molar-refractivity contribution in [2.45, 2.75) is 31.8 Å². The van der Waals surface area contributed by atoms with Crippen molar-refractivity contribution in [1.29, 1.82) is 0 Å². The van der Waals surface area contributed by atoms with Gasteiger partial charge >= 0.3 is 0 Å².